The Balaban J connectivity index is 3.17. The van der Waals surface area contributed by atoms with Gasteiger partial charge in [0.05, 0.1) is 0 Å². The van der Waals surface area contributed by atoms with E-state index in [1.165, 1.54) is 6.92 Å². The highest BCUT2D eigenvalue weighted by atomic mass is 35.5. The summed E-state index contributed by atoms with van der Waals surface area (Å²) in [5.74, 6) is 0. The normalized spacial score (nSPS) is 12.0. The second kappa shape index (κ2) is 1.73. The molecule has 0 aromatic carbocycles. The van der Waals surface area contributed by atoms with Crippen LogP contribution in [0.4, 0.5) is 8.78 Å². The molecule has 0 N–H and O–H groups in total. The molecule has 0 saturated carbocycles. The number of alkyl halides is 3. The third-order valence-corrected chi connectivity index (χ3v) is 0.668. The number of halogens is 3. The maximum atomic E-state index is 11.2. The van der Waals surface area contributed by atoms with E-state index in [9.17, 15) is 8.78 Å². The van der Waals surface area contributed by atoms with E-state index in [2.05, 4.69) is 11.6 Å². The molecule has 0 aromatic heterocycles. The van der Waals surface area contributed by atoms with Crippen molar-refractivity contribution in [2.24, 2.45) is 0 Å². The van der Waals surface area contributed by atoms with Crippen LogP contribution >= 0.6 is 11.6 Å². The lowest BCUT2D eigenvalue weighted by molar-refractivity contribution is 0.0921. The quantitative estimate of drug-likeness (QED) is 0.459. The fourth-order valence-corrected chi connectivity index (χ4v) is 0. The zero-order chi connectivity index (χ0) is 5.21. The van der Waals surface area contributed by atoms with E-state index in [1.54, 1.807) is 0 Å². The minimum atomic E-state index is -2.99. The Labute approximate surface area is 40.1 Å². The maximum Gasteiger partial charge on any atom is 0.321 e. The molecule has 0 heterocycles. The Morgan fingerprint density at radius 1 is 1.67 bits per heavy atom. The molecule has 0 spiro atoms. The molecule has 0 nitrogen and oxygen atoms in total. The Hall–Kier alpha value is 0.150. The van der Waals surface area contributed by atoms with Gasteiger partial charge in [-0.05, 0) is 11.6 Å². The van der Waals surface area contributed by atoms with Crippen LogP contribution in [0.5, 0.6) is 0 Å². The molecular formula is C3H5ClF2. The molecule has 0 aliphatic rings. The molecule has 6 heavy (non-hydrogen) atoms. The van der Waals surface area contributed by atoms with Crippen LogP contribution in [0, 0.1) is 0 Å². The van der Waals surface area contributed by atoms with Gasteiger partial charge < -0.3 is 0 Å². The average Bonchev–Trinajstić information content (AvgIpc) is 1.35. The van der Waals surface area contributed by atoms with Gasteiger partial charge in [-0.1, -0.05) is 6.92 Å². The number of rotatable bonds is 1. The van der Waals surface area contributed by atoms with Gasteiger partial charge in [0.25, 0.3) is 0 Å². The third-order valence-electron chi connectivity index (χ3n) is 0.401. The Bertz CT molecular complexity index is 38.5. The third kappa shape index (κ3) is 4.15. The van der Waals surface area contributed by atoms with Crippen molar-refractivity contribution in [2.75, 3.05) is 0 Å². The molecule has 0 amide bonds. The topological polar surface area (TPSA) is 0 Å². The largest absolute Gasteiger partial charge is 0.321 e. The number of hydrogen-bond acceptors (Lipinski definition) is 0. The minimum Gasteiger partial charge on any atom is -0.188 e. The summed E-state index contributed by atoms with van der Waals surface area (Å²) < 4.78 is 22.4. The van der Waals surface area contributed by atoms with Crippen molar-refractivity contribution in [2.45, 2.75) is 18.7 Å². The molecule has 0 aliphatic carbocycles. The summed E-state index contributed by atoms with van der Waals surface area (Å²) in [6.07, 6.45) is -0.297. The van der Waals surface area contributed by atoms with E-state index in [0.717, 1.165) is 0 Å². The second-order valence-corrected chi connectivity index (χ2v) is 1.52. The van der Waals surface area contributed by atoms with Crippen molar-refractivity contribution >= 4 is 11.6 Å². The van der Waals surface area contributed by atoms with Gasteiger partial charge in [-0.15, -0.1) is 0 Å². The van der Waals surface area contributed by atoms with E-state index < -0.39 is 5.38 Å². The van der Waals surface area contributed by atoms with Crippen LogP contribution in [-0.4, -0.2) is 5.38 Å². The summed E-state index contributed by atoms with van der Waals surface area (Å²) in [6.45, 7) is 1.33. The zero-order valence-corrected chi connectivity index (χ0v) is 4.10. The first-order valence-corrected chi connectivity index (χ1v) is 2.01. The van der Waals surface area contributed by atoms with Crippen LogP contribution in [0.15, 0.2) is 0 Å². The Morgan fingerprint density at radius 2 is 1.83 bits per heavy atom. The predicted octanol–water partition coefficient (Wildman–Crippen LogP) is 2.23. The summed E-state index contributed by atoms with van der Waals surface area (Å²) in [5.41, 5.74) is 0. The van der Waals surface area contributed by atoms with Crippen molar-refractivity contribution in [1.29, 1.82) is 0 Å². The lowest BCUT2D eigenvalue weighted by atomic mass is 10.5. The van der Waals surface area contributed by atoms with E-state index in [1.807, 2.05) is 0 Å². The van der Waals surface area contributed by atoms with Crippen molar-refractivity contribution < 1.29 is 8.78 Å². The highest BCUT2D eigenvalue weighted by Gasteiger charge is 2.19. The lowest BCUT2D eigenvalue weighted by Gasteiger charge is -1.98. The first-order valence-electron chi connectivity index (χ1n) is 1.63. The van der Waals surface area contributed by atoms with Crippen LogP contribution in [0.3, 0.4) is 0 Å². The standard InChI is InChI=1S/C3H5ClF2/c1-2-3(4,5)6/h2H2,1H3. The first kappa shape index (κ1) is 6.15. The Morgan fingerprint density at radius 3 is 1.83 bits per heavy atom. The van der Waals surface area contributed by atoms with Crippen LogP contribution < -0.4 is 0 Å². The molecule has 0 radical (unpaired) electrons. The Kier molecular flexibility index (Phi) is 1.78. The van der Waals surface area contributed by atoms with E-state index in [0.29, 0.717) is 0 Å². The summed E-state index contributed by atoms with van der Waals surface area (Å²) >= 11 is 4.38. The minimum absolute atomic E-state index is 0.297. The van der Waals surface area contributed by atoms with E-state index in [4.69, 9.17) is 0 Å². The first-order chi connectivity index (χ1) is 2.56. The maximum absolute atomic E-state index is 11.2. The molecule has 0 aromatic rings. The zero-order valence-electron chi connectivity index (χ0n) is 3.34. The highest BCUT2D eigenvalue weighted by Crippen LogP contribution is 2.21. The van der Waals surface area contributed by atoms with Crippen molar-refractivity contribution in [3.05, 3.63) is 0 Å². The summed E-state index contributed by atoms with van der Waals surface area (Å²) in [4.78, 5) is 0. The van der Waals surface area contributed by atoms with Gasteiger partial charge in [-0.2, -0.15) is 8.78 Å². The van der Waals surface area contributed by atoms with Gasteiger partial charge in [0.2, 0.25) is 0 Å². The van der Waals surface area contributed by atoms with E-state index >= 15 is 0 Å². The highest BCUT2D eigenvalue weighted by molar-refractivity contribution is 6.21. The monoisotopic (exact) mass is 114 g/mol. The van der Waals surface area contributed by atoms with Crippen LogP contribution in [-0.2, 0) is 0 Å². The molecule has 0 rings (SSSR count). The molecular weight excluding hydrogens is 109 g/mol. The summed E-state index contributed by atoms with van der Waals surface area (Å²) in [5, 5.41) is -2.99. The van der Waals surface area contributed by atoms with Gasteiger partial charge in [0, 0.05) is 6.42 Å². The van der Waals surface area contributed by atoms with E-state index in [-0.39, 0.29) is 6.42 Å². The van der Waals surface area contributed by atoms with Gasteiger partial charge in [-0.25, -0.2) is 0 Å². The second-order valence-electron chi connectivity index (χ2n) is 0.969. The lowest BCUT2D eigenvalue weighted by Crippen LogP contribution is -2.00. The molecule has 0 aliphatic heterocycles. The van der Waals surface area contributed by atoms with Gasteiger partial charge >= 0.3 is 5.38 Å². The number of hydrogen-bond donors (Lipinski definition) is 0. The van der Waals surface area contributed by atoms with Crippen LogP contribution in [0.1, 0.15) is 13.3 Å². The molecule has 0 atom stereocenters. The smallest absolute Gasteiger partial charge is 0.188 e. The average molecular weight is 115 g/mol. The fourth-order valence-electron chi connectivity index (χ4n) is 0. The van der Waals surface area contributed by atoms with Crippen LogP contribution in [0.2, 0.25) is 0 Å². The molecule has 38 valence electrons. The molecule has 0 unspecified atom stereocenters. The van der Waals surface area contributed by atoms with Crippen molar-refractivity contribution in [1.82, 2.24) is 0 Å². The fraction of sp³-hybridized carbons (Fsp3) is 1.00. The predicted molar refractivity (Wildman–Crippen MR) is 21.1 cm³/mol. The van der Waals surface area contributed by atoms with Gasteiger partial charge in [0.15, 0.2) is 0 Å². The SMILES string of the molecule is CCC(F)(F)Cl. The molecule has 0 saturated heterocycles. The van der Waals surface area contributed by atoms with Crippen molar-refractivity contribution in [3.8, 4) is 0 Å². The van der Waals surface area contributed by atoms with Gasteiger partial charge in [0.1, 0.15) is 0 Å². The van der Waals surface area contributed by atoms with Crippen molar-refractivity contribution in [3.63, 3.8) is 0 Å². The molecule has 0 fully saturated rings. The van der Waals surface area contributed by atoms with Crippen LogP contribution in [0.25, 0.3) is 0 Å². The summed E-state index contributed by atoms with van der Waals surface area (Å²) in [7, 11) is 0. The van der Waals surface area contributed by atoms with Gasteiger partial charge in [-0.3, -0.25) is 0 Å². The summed E-state index contributed by atoms with van der Waals surface area (Å²) in [6, 6.07) is 0. The molecule has 3 heteroatoms. The molecule has 0 bridgehead atoms.